The van der Waals surface area contributed by atoms with Crippen LogP contribution in [0.3, 0.4) is 0 Å². The van der Waals surface area contributed by atoms with Gasteiger partial charge in [-0.05, 0) is 124 Å². The molecule has 0 spiro atoms. The first-order chi connectivity index (χ1) is 38.8. The Morgan fingerprint density at radius 3 is 0.821 bits per heavy atom. The van der Waals surface area contributed by atoms with Crippen molar-refractivity contribution in [2.45, 2.75) is 11.8 Å². The van der Waals surface area contributed by atoms with E-state index in [2.05, 4.69) is 291 Å². The lowest BCUT2D eigenvalue weighted by Crippen LogP contribution is -2.03. The summed E-state index contributed by atoms with van der Waals surface area (Å²) in [7, 11) is 0. The molecule has 2 atom stereocenters. The molecule has 14 rings (SSSR count). The summed E-state index contributed by atoms with van der Waals surface area (Å²) in [5.74, 6) is 14.5. The third-order valence-corrected chi connectivity index (χ3v) is 15.2. The molecule has 0 unspecified atom stereocenters. The number of benzene rings is 12. The Bertz CT molecular complexity index is 4020. The topological polar surface area (TPSA) is 0 Å². The van der Waals surface area contributed by atoms with E-state index in [1.807, 2.05) is 36.4 Å². The van der Waals surface area contributed by atoms with Gasteiger partial charge in [-0.3, -0.25) is 0 Å². The average molecular weight is 989 g/mol. The zero-order valence-electron chi connectivity index (χ0n) is 43.0. The summed E-state index contributed by atoms with van der Waals surface area (Å²) in [4.78, 5) is 0. The quantitative estimate of drug-likeness (QED) is 0.146. The Morgan fingerprint density at radius 1 is 0.218 bits per heavy atom. The zero-order chi connectivity index (χ0) is 52.0. The second kappa shape index (κ2) is 21.5. The summed E-state index contributed by atoms with van der Waals surface area (Å²) in [6.45, 7) is 0. The number of fused-ring (bicyclic) bond motifs is 4. The van der Waals surface area contributed by atoms with Crippen molar-refractivity contribution in [2.24, 2.45) is 0 Å². The van der Waals surface area contributed by atoms with E-state index in [-0.39, 0.29) is 11.8 Å². The van der Waals surface area contributed by atoms with Gasteiger partial charge in [0.2, 0.25) is 0 Å². The highest BCUT2D eigenvalue weighted by Gasteiger charge is 2.34. The molecular formula is C78H52. The molecule has 0 amide bonds. The molecule has 0 saturated carbocycles. The van der Waals surface area contributed by atoms with Crippen LogP contribution >= 0.6 is 0 Å². The summed E-state index contributed by atoms with van der Waals surface area (Å²) in [6.07, 6.45) is 4.91. The van der Waals surface area contributed by atoms with E-state index in [1.165, 1.54) is 99.5 Å². The first kappa shape index (κ1) is 47.5. The standard InChI is InChI=1S/2C39H26/c2*1-5-15-28(16-6-1)25-26-34-32-23-13-14-24-33(32)37(31-21-11-4-12-22-31)39-36(30-19-9-3-10-20-30)27-35(38(34)39)29-17-7-2-8-18-29/h2*1-24,27,35H/t2*35-/m10/s1. The van der Waals surface area contributed by atoms with Gasteiger partial charge in [-0.25, -0.2) is 0 Å². The average Bonchev–Trinajstić information content (AvgIpc) is 4.32. The highest BCUT2D eigenvalue weighted by Crippen LogP contribution is 2.53. The van der Waals surface area contributed by atoms with Gasteiger partial charge in [0.25, 0.3) is 0 Å². The smallest absolute Gasteiger partial charge is 0.0375 e. The first-order valence-corrected chi connectivity index (χ1v) is 26.8. The molecule has 0 bridgehead atoms. The molecule has 78 heavy (non-hydrogen) atoms. The molecule has 0 saturated heterocycles. The zero-order valence-corrected chi connectivity index (χ0v) is 43.0. The van der Waals surface area contributed by atoms with Crippen molar-refractivity contribution in [2.75, 3.05) is 0 Å². The van der Waals surface area contributed by atoms with E-state index in [4.69, 9.17) is 0 Å². The SMILES string of the molecule is C(#Cc1c2c(c(-c3ccccc3)c3ccccc13)C(c1ccccc1)=C[C@@H]2c1ccccc1)c1ccccc1.C(#Cc1c2c(c(-c3ccccc3)c3ccccc13)C(c1ccccc1)=C[C@H]2c1ccccc1)c1ccccc1. The van der Waals surface area contributed by atoms with Crippen LogP contribution in [0.4, 0.5) is 0 Å². The number of rotatable bonds is 6. The monoisotopic (exact) mass is 988 g/mol. The van der Waals surface area contributed by atoms with Crippen LogP contribution in [-0.2, 0) is 0 Å². The van der Waals surface area contributed by atoms with E-state index in [0.29, 0.717) is 0 Å². The van der Waals surface area contributed by atoms with Gasteiger partial charge >= 0.3 is 0 Å². The molecule has 12 aromatic carbocycles. The molecule has 0 aliphatic heterocycles. The van der Waals surface area contributed by atoms with Crippen LogP contribution in [0.2, 0.25) is 0 Å². The maximum Gasteiger partial charge on any atom is 0.0375 e. The van der Waals surface area contributed by atoms with Crippen LogP contribution < -0.4 is 0 Å². The molecule has 0 heterocycles. The fourth-order valence-electron chi connectivity index (χ4n) is 11.7. The molecule has 364 valence electrons. The fourth-order valence-corrected chi connectivity index (χ4v) is 11.7. The third-order valence-electron chi connectivity index (χ3n) is 15.2. The molecular weight excluding hydrogens is 937 g/mol. The van der Waals surface area contributed by atoms with Crippen molar-refractivity contribution in [3.05, 3.63) is 370 Å². The van der Waals surface area contributed by atoms with Gasteiger partial charge in [-0.2, -0.15) is 0 Å². The molecule has 0 heteroatoms. The lowest BCUT2D eigenvalue weighted by atomic mass is 9.81. The van der Waals surface area contributed by atoms with Gasteiger partial charge in [0, 0.05) is 34.1 Å². The van der Waals surface area contributed by atoms with Crippen LogP contribution in [-0.4, -0.2) is 0 Å². The van der Waals surface area contributed by atoms with Crippen molar-refractivity contribution >= 4 is 32.7 Å². The van der Waals surface area contributed by atoms with E-state index in [1.54, 1.807) is 0 Å². The minimum atomic E-state index is 0.101. The molecule has 2 aliphatic carbocycles. The van der Waals surface area contributed by atoms with Crippen LogP contribution in [0.15, 0.2) is 303 Å². The minimum Gasteiger partial charge on any atom is -0.0641 e. The Balaban J connectivity index is 0.000000148. The second-order valence-electron chi connectivity index (χ2n) is 19.8. The molecule has 12 aromatic rings. The van der Waals surface area contributed by atoms with Crippen molar-refractivity contribution < 1.29 is 0 Å². The van der Waals surface area contributed by atoms with Crippen LogP contribution in [0.5, 0.6) is 0 Å². The lowest BCUT2D eigenvalue weighted by molar-refractivity contribution is 1.05. The Labute approximate surface area is 458 Å². The molecule has 0 nitrogen and oxygen atoms in total. The van der Waals surface area contributed by atoms with Crippen LogP contribution in [0.1, 0.15) is 78.6 Å². The van der Waals surface area contributed by atoms with Crippen molar-refractivity contribution in [3.63, 3.8) is 0 Å². The van der Waals surface area contributed by atoms with E-state index in [9.17, 15) is 0 Å². The summed E-state index contributed by atoms with van der Waals surface area (Å²) < 4.78 is 0. The highest BCUT2D eigenvalue weighted by molar-refractivity contribution is 6.11. The largest absolute Gasteiger partial charge is 0.0641 e. The fraction of sp³-hybridized carbons (Fsp3) is 0.0256. The normalized spacial score (nSPS) is 13.8. The Morgan fingerprint density at radius 2 is 0.487 bits per heavy atom. The predicted octanol–water partition coefficient (Wildman–Crippen LogP) is 19.0. The minimum absolute atomic E-state index is 0.101. The van der Waals surface area contributed by atoms with Gasteiger partial charge in [-0.15, -0.1) is 0 Å². The molecule has 2 aliphatic rings. The van der Waals surface area contributed by atoms with Gasteiger partial charge in [0.1, 0.15) is 0 Å². The second-order valence-corrected chi connectivity index (χ2v) is 19.8. The molecule has 0 N–H and O–H groups in total. The number of hydrogen-bond donors (Lipinski definition) is 0. The van der Waals surface area contributed by atoms with Crippen molar-refractivity contribution in [1.29, 1.82) is 0 Å². The third kappa shape index (κ3) is 9.13. The summed E-state index contributed by atoms with van der Waals surface area (Å²) in [5.41, 5.74) is 22.0. The first-order valence-electron chi connectivity index (χ1n) is 26.8. The van der Waals surface area contributed by atoms with E-state index < -0.39 is 0 Å². The van der Waals surface area contributed by atoms with Crippen molar-refractivity contribution in [1.82, 2.24) is 0 Å². The van der Waals surface area contributed by atoms with Gasteiger partial charge in [0.05, 0.1) is 0 Å². The van der Waals surface area contributed by atoms with Crippen LogP contribution in [0, 0.1) is 23.7 Å². The van der Waals surface area contributed by atoms with Gasteiger partial charge < -0.3 is 0 Å². The van der Waals surface area contributed by atoms with Crippen LogP contribution in [0.25, 0.3) is 54.9 Å². The lowest BCUT2D eigenvalue weighted by Gasteiger charge is -2.21. The molecule has 0 radical (unpaired) electrons. The van der Waals surface area contributed by atoms with Gasteiger partial charge in [0.15, 0.2) is 0 Å². The number of hydrogen-bond acceptors (Lipinski definition) is 0. The van der Waals surface area contributed by atoms with Gasteiger partial charge in [-0.1, -0.05) is 303 Å². The Hall–Kier alpha value is -10.2. The highest BCUT2D eigenvalue weighted by atomic mass is 14.4. The van der Waals surface area contributed by atoms with E-state index in [0.717, 1.165) is 22.3 Å². The predicted molar refractivity (Wildman–Crippen MR) is 327 cm³/mol. The maximum absolute atomic E-state index is 3.67. The summed E-state index contributed by atoms with van der Waals surface area (Å²) in [5, 5.41) is 4.86. The summed E-state index contributed by atoms with van der Waals surface area (Å²) in [6, 6.07) is 103. The Kier molecular flexibility index (Phi) is 13.1. The van der Waals surface area contributed by atoms with E-state index >= 15 is 0 Å². The summed E-state index contributed by atoms with van der Waals surface area (Å²) >= 11 is 0. The van der Waals surface area contributed by atoms with Crippen molar-refractivity contribution in [3.8, 4) is 45.9 Å². The maximum atomic E-state index is 3.67. The molecule has 0 aromatic heterocycles. The molecule has 0 fully saturated rings. The number of allylic oxidation sites excluding steroid dienone is 2.